The maximum absolute atomic E-state index is 12.2. The van der Waals surface area contributed by atoms with E-state index in [1.54, 1.807) is 0 Å². The van der Waals surface area contributed by atoms with E-state index in [1.807, 2.05) is 49.4 Å². The van der Waals surface area contributed by atoms with Crippen LogP contribution in [0.15, 0.2) is 48.5 Å². The van der Waals surface area contributed by atoms with Gasteiger partial charge >= 0.3 is 11.8 Å². The monoisotopic (exact) mass is 352 g/mol. The van der Waals surface area contributed by atoms with Crippen LogP contribution in [0, 0.1) is 6.92 Å². The molecule has 138 valence electrons. The van der Waals surface area contributed by atoms with Gasteiger partial charge in [-0.2, -0.15) is 0 Å². The molecule has 0 aliphatic carbocycles. The number of hydrogen-bond acceptors (Lipinski definition) is 2. The molecule has 2 aromatic carbocycles. The lowest BCUT2D eigenvalue weighted by Crippen LogP contribution is -2.42. The summed E-state index contributed by atoms with van der Waals surface area (Å²) in [6.45, 7) is 10.8. The fraction of sp³-hybridized carbons (Fsp3) is 0.364. The van der Waals surface area contributed by atoms with Gasteiger partial charge in [0.25, 0.3) is 0 Å². The molecule has 0 saturated carbocycles. The highest BCUT2D eigenvalue weighted by atomic mass is 16.2. The smallest absolute Gasteiger partial charge is 0.313 e. The van der Waals surface area contributed by atoms with E-state index in [4.69, 9.17) is 0 Å². The van der Waals surface area contributed by atoms with Crippen molar-refractivity contribution in [3.63, 3.8) is 0 Å². The topological polar surface area (TPSA) is 58.2 Å². The second-order valence-electron chi connectivity index (χ2n) is 7.61. The van der Waals surface area contributed by atoms with Gasteiger partial charge in [0.1, 0.15) is 0 Å². The summed E-state index contributed by atoms with van der Waals surface area (Å²) < 4.78 is 0. The molecule has 0 spiro atoms. The van der Waals surface area contributed by atoms with E-state index in [9.17, 15) is 9.59 Å². The van der Waals surface area contributed by atoms with Gasteiger partial charge in [-0.05, 0) is 41.7 Å². The van der Waals surface area contributed by atoms with E-state index >= 15 is 0 Å². The van der Waals surface area contributed by atoms with Crippen molar-refractivity contribution < 1.29 is 9.59 Å². The molecule has 0 unspecified atom stereocenters. The first kappa shape index (κ1) is 19.7. The number of nitrogens with one attached hydrogen (secondary N) is 2. The first-order valence-corrected chi connectivity index (χ1v) is 8.96. The van der Waals surface area contributed by atoms with Gasteiger partial charge in [-0.25, -0.2) is 0 Å². The first-order chi connectivity index (χ1) is 12.2. The SMILES string of the molecule is Cc1ccccc1C(C)(C)CNC(=O)C(=O)Nc1ccc(C(C)C)cc1. The quantitative estimate of drug-likeness (QED) is 0.794. The van der Waals surface area contributed by atoms with E-state index in [2.05, 4.69) is 44.4 Å². The lowest BCUT2D eigenvalue weighted by Gasteiger charge is -2.27. The van der Waals surface area contributed by atoms with Gasteiger partial charge in [-0.15, -0.1) is 0 Å². The molecule has 0 atom stereocenters. The highest BCUT2D eigenvalue weighted by molar-refractivity contribution is 6.39. The van der Waals surface area contributed by atoms with E-state index < -0.39 is 11.8 Å². The van der Waals surface area contributed by atoms with Gasteiger partial charge in [0.2, 0.25) is 0 Å². The van der Waals surface area contributed by atoms with Crippen molar-refractivity contribution in [1.29, 1.82) is 0 Å². The summed E-state index contributed by atoms with van der Waals surface area (Å²) in [5.41, 5.74) is 3.87. The molecular weight excluding hydrogens is 324 g/mol. The lowest BCUT2D eigenvalue weighted by molar-refractivity contribution is -0.136. The van der Waals surface area contributed by atoms with Crippen LogP contribution < -0.4 is 10.6 Å². The van der Waals surface area contributed by atoms with Crippen LogP contribution >= 0.6 is 0 Å². The molecule has 0 saturated heterocycles. The molecule has 0 heterocycles. The largest absolute Gasteiger partial charge is 0.347 e. The normalized spacial score (nSPS) is 11.3. The Balaban J connectivity index is 1.94. The Morgan fingerprint density at radius 2 is 1.58 bits per heavy atom. The maximum atomic E-state index is 12.2. The second-order valence-corrected chi connectivity index (χ2v) is 7.61. The van der Waals surface area contributed by atoms with E-state index in [0.29, 0.717) is 18.2 Å². The molecule has 2 amide bonds. The number of benzene rings is 2. The van der Waals surface area contributed by atoms with Gasteiger partial charge in [0.05, 0.1) is 0 Å². The number of amides is 2. The van der Waals surface area contributed by atoms with Crippen LogP contribution in [0.4, 0.5) is 5.69 Å². The Morgan fingerprint density at radius 3 is 2.15 bits per heavy atom. The number of hydrogen-bond donors (Lipinski definition) is 2. The summed E-state index contributed by atoms with van der Waals surface area (Å²) in [5.74, 6) is -0.853. The Bertz CT molecular complexity index is 777. The minimum Gasteiger partial charge on any atom is -0.347 e. The molecule has 0 fully saturated rings. The standard InChI is InChI=1S/C22H28N2O2/c1-15(2)17-10-12-18(13-11-17)24-21(26)20(25)23-14-22(4,5)19-9-7-6-8-16(19)3/h6-13,15H,14H2,1-5H3,(H,23,25)(H,24,26). The van der Waals surface area contributed by atoms with Gasteiger partial charge in [0, 0.05) is 17.6 Å². The molecule has 0 bridgehead atoms. The predicted octanol–water partition coefficient (Wildman–Crippen LogP) is 4.15. The van der Waals surface area contributed by atoms with E-state index in [1.165, 1.54) is 11.1 Å². The molecule has 0 aliphatic rings. The highest BCUT2D eigenvalue weighted by Crippen LogP contribution is 2.25. The predicted molar refractivity (Wildman–Crippen MR) is 106 cm³/mol. The van der Waals surface area contributed by atoms with Crippen molar-refractivity contribution in [2.75, 3.05) is 11.9 Å². The van der Waals surface area contributed by atoms with Crippen molar-refractivity contribution in [2.45, 2.75) is 46.0 Å². The number of rotatable bonds is 5. The zero-order valence-electron chi connectivity index (χ0n) is 16.2. The van der Waals surface area contributed by atoms with E-state index in [-0.39, 0.29) is 5.41 Å². The molecule has 4 nitrogen and oxygen atoms in total. The summed E-state index contributed by atoms with van der Waals surface area (Å²) in [6, 6.07) is 15.6. The zero-order chi connectivity index (χ0) is 19.3. The zero-order valence-corrected chi connectivity index (χ0v) is 16.2. The number of carbonyl (C=O) groups is 2. The number of aryl methyl sites for hydroxylation is 1. The Kier molecular flexibility index (Phi) is 6.19. The molecule has 26 heavy (non-hydrogen) atoms. The van der Waals surface area contributed by atoms with Crippen molar-refractivity contribution in [3.8, 4) is 0 Å². The Morgan fingerprint density at radius 1 is 0.962 bits per heavy atom. The van der Waals surface area contributed by atoms with Crippen LogP contribution in [0.2, 0.25) is 0 Å². The molecule has 0 aromatic heterocycles. The Labute approximate surface area is 156 Å². The van der Waals surface area contributed by atoms with Crippen LogP contribution in [-0.2, 0) is 15.0 Å². The van der Waals surface area contributed by atoms with Crippen LogP contribution in [0.3, 0.4) is 0 Å². The fourth-order valence-corrected chi connectivity index (χ4v) is 2.95. The third-order valence-electron chi connectivity index (χ3n) is 4.61. The third-order valence-corrected chi connectivity index (χ3v) is 4.61. The summed E-state index contributed by atoms with van der Waals surface area (Å²) in [6.07, 6.45) is 0. The van der Waals surface area contributed by atoms with Gasteiger partial charge in [0.15, 0.2) is 0 Å². The average Bonchev–Trinajstić information content (AvgIpc) is 2.60. The number of anilines is 1. The second kappa shape index (κ2) is 8.17. The van der Waals surface area contributed by atoms with Crippen molar-refractivity contribution in [3.05, 3.63) is 65.2 Å². The third kappa shape index (κ3) is 4.94. The Hall–Kier alpha value is -2.62. The van der Waals surface area contributed by atoms with Crippen molar-refractivity contribution in [1.82, 2.24) is 5.32 Å². The minimum absolute atomic E-state index is 0.264. The maximum Gasteiger partial charge on any atom is 0.313 e. The van der Waals surface area contributed by atoms with Crippen molar-refractivity contribution in [2.24, 2.45) is 0 Å². The summed E-state index contributed by atoms with van der Waals surface area (Å²) >= 11 is 0. The summed E-state index contributed by atoms with van der Waals surface area (Å²) in [4.78, 5) is 24.3. The molecular formula is C22H28N2O2. The average molecular weight is 352 g/mol. The van der Waals surface area contributed by atoms with E-state index in [0.717, 1.165) is 5.56 Å². The molecule has 2 aromatic rings. The molecule has 0 radical (unpaired) electrons. The van der Waals surface area contributed by atoms with Gasteiger partial charge in [-0.3, -0.25) is 9.59 Å². The first-order valence-electron chi connectivity index (χ1n) is 8.96. The molecule has 2 N–H and O–H groups in total. The highest BCUT2D eigenvalue weighted by Gasteiger charge is 2.24. The van der Waals surface area contributed by atoms with Gasteiger partial charge < -0.3 is 10.6 Å². The van der Waals surface area contributed by atoms with Crippen LogP contribution in [0.25, 0.3) is 0 Å². The molecule has 0 aliphatic heterocycles. The van der Waals surface area contributed by atoms with Gasteiger partial charge in [-0.1, -0.05) is 64.1 Å². The van der Waals surface area contributed by atoms with Crippen LogP contribution in [0.1, 0.15) is 50.3 Å². The van der Waals surface area contributed by atoms with Crippen LogP contribution in [-0.4, -0.2) is 18.4 Å². The molecule has 4 heteroatoms. The summed E-state index contributed by atoms with van der Waals surface area (Å²) in [5, 5.41) is 5.39. The summed E-state index contributed by atoms with van der Waals surface area (Å²) in [7, 11) is 0. The number of carbonyl (C=O) groups excluding carboxylic acids is 2. The molecule has 2 rings (SSSR count). The van der Waals surface area contributed by atoms with Crippen molar-refractivity contribution >= 4 is 17.5 Å². The minimum atomic E-state index is -0.650. The lowest BCUT2D eigenvalue weighted by atomic mass is 9.82. The van der Waals surface area contributed by atoms with Crippen LogP contribution in [0.5, 0.6) is 0 Å². The fourth-order valence-electron chi connectivity index (χ4n) is 2.95.